The highest BCUT2D eigenvalue weighted by Gasteiger charge is 2.27. The number of aromatic nitrogens is 2. The predicted molar refractivity (Wildman–Crippen MR) is 152 cm³/mol. The SMILES string of the molecule is Cc1cc(C#CC=C2CCN(S(=O)(=O)C(C)C)CC2)cc(C)c1Oc1ccnc(Nc2ccc(C#N)cc2)n1. The Bertz CT molecular complexity index is 1560. The van der Waals surface area contributed by atoms with E-state index in [1.165, 1.54) is 5.57 Å². The minimum Gasteiger partial charge on any atom is -0.438 e. The third-order valence-electron chi connectivity index (χ3n) is 6.38. The van der Waals surface area contributed by atoms with Gasteiger partial charge in [-0.05, 0) is 94.1 Å². The molecule has 1 saturated heterocycles. The lowest BCUT2D eigenvalue weighted by Gasteiger charge is -2.28. The molecule has 2 aromatic carbocycles. The molecule has 2 heterocycles. The quantitative estimate of drug-likeness (QED) is 0.404. The maximum absolute atomic E-state index is 12.4. The molecule has 0 saturated carbocycles. The van der Waals surface area contributed by atoms with Gasteiger partial charge in [0.15, 0.2) is 0 Å². The molecule has 0 bridgehead atoms. The second-order valence-electron chi connectivity index (χ2n) is 9.64. The highest BCUT2D eigenvalue weighted by atomic mass is 32.2. The van der Waals surface area contributed by atoms with Crippen molar-refractivity contribution in [2.24, 2.45) is 0 Å². The summed E-state index contributed by atoms with van der Waals surface area (Å²) in [5.41, 5.74) is 5.25. The summed E-state index contributed by atoms with van der Waals surface area (Å²) in [6.07, 6.45) is 4.94. The number of allylic oxidation sites excluding steroid dienone is 1. The molecule has 0 radical (unpaired) electrons. The van der Waals surface area contributed by atoms with Crippen LogP contribution in [0.5, 0.6) is 11.6 Å². The number of hydrogen-bond donors (Lipinski definition) is 1. The van der Waals surface area contributed by atoms with Crippen LogP contribution in [0.25, 0.3) is 0 Å². The number of benzene rings is 2. The standard InChI is InChI=1S/C30H31N5O3S/c1-21(2)39(36,37)35-16-13-24(14-17-35)6-5-7-26-18-22(3)29(23(4)19-26)38-28-12-15-32-30(34-28)33-27-10-8-25(20-31)9-11-27/h6,8-12,15,18-19,21H,13-14,16-17H2,1-4H3,(H,32,33,34). The van der Waals surface area contributed by atoms with Crippen molar-refractivity contribution in [2.45, 2.75) is 45.8 Å². The Morgan fingerprint density at radius 2 is 1.72 bits per heavy atom. The van der Waals surface area contributed by atoms with Gasteiger partial charge in [-0.2, -0.15) is 10.2 Å². The minimum atomic E-state index is -3.21. The van der Waals surface area contributed by atoms with Gasteiger partial charge in [-0.15, -0.1) is 0 Å². The maximum atomic E-state index is 12.4. The van der Waals surface area contributed by atoms with E-state index < -0.39 is 15.3 Å². The van der Waals surface area contributed by atoms with Gasteiger partial charge in [0.25, 0.3) is 0 Å². The van der Waals surface area contributed by atoms with Crippen LogP contribution in [0.15, 0.2) is 60.3 Å². The zero-order chi connectivity index (χ0) is 28.0. The molecule has 200 valence electrons. The summed E-state index contributed by atoms with van der Waals surface area (Å²) >= 11 is 0. The van der Waals surface area contributed by atoms with Crippen molar-refractivity contribution < 1.29 is 13.2 Å². The number of anilines is 2. The first-order chi connectivity index (χ1) is 18.7. The van der Waals surface area contributed by atoms with E-state index in [-0.39, 0.29) is 0 Å². The van der Waals surface area contributed by atoms with E-state index in [1.54, 1.807) is 54.7 Å². The van der Waals surface area contributed by atoms with E-state index in [9.17, 15) is 8.42 Å². The van der Waals surface area contributed by atoms with E-state index in [0.29, 0.717) is 49.1 Å². The lowest BCUT2D eigenvalue weighted by Crippen LogP contribution is -2.40. The van der Waals surface area contributed by atoms with Crippen molar-refractivity contribution in [1.82, 2.24) is 14.3 Å². The number of nitriles is 1. The van der Waals surface area contributed by atoms with Gasteiger partial charge in [0.1, 0.15) is 5.75 Å². The van der Waals surface area contributed by atoms with Crippen molar-refractivity contribution in [1.29, 1.82) is 5.26 Å². The average Bonchev–Trinajstić information content (AvgIpc) is 2.92. The summed E-state index contributed by atoms with van der Waals surface area (Å²) in [6.45, 7) is 8.38. The predicted octanol–water partition coefficient (Wildman–Crippen LogP) is 5.61. The van der Waals surface area contributed by atoms with Crippen LogP contribution in [0.3, 0.4) is 0 Å². The van der Waals surface area contributed by atoms with Crippen LogP contribution in [0.2, 0.25) is 0 Å². The van der Waals surface area contributed by atoms with Crippen LogP contribution in [0.1, 0.15) is 48.9 Å². The molecule has 0 atom stereocenters. The van der Waals surface area contributed by atoms with Gasteiger partial charge in [-0.1, -0.05) is 17.4 Å². The van der Waals surface area contributed by atoms with Crippen LogP contribution < -0.4 is 10.1 Å². The summed E-state index contributed by atoms with van der Waals surface area (Å²) in [5.74, 6) is 7.84. The van der Waals surface area contributed by atoms with Gasteiger partial charge in [0.05, 0.1) is 16.9 Å². The molecule has 9 heteroatoms. The number of ether oxygens (including phenoxy) is 1. The van der Waals surface area contributed by atoms with Gasteiger partial charge in [0, 0.05) is 36.6 Å². The van der Waals surface area contributed by atoms with E-state index in [1.807, 2.05) is 32.1 Å². The number of piperidine rings is 1. The molecule has 3 aromatic rings. The normalized spacial score (nSPS) is 13.8. The molecule has 1 aromatic heterocycles. The molecular weight excluding hydrogens is 510 g/mol. The second kappa shape index (κ2) is 12.1. The lowest BCUT2D eigenvalue weighted by molar-refractivity contribution is 0.383. The van der Waals surface area contributed by atoms with Crippen LogP contribution in [0, 0.1) is 37.0 Å². The Morgan fingerprint density at radius 3 is 2.33 bits per heavy atom. The Kier molecular flexibility index (Phi) is 8.65. The summed E-state index contributed by atoms with van der Waals surface area (Å²) in [5, 5.41) is 11.7. The Balaban J connectivity index is 1.41. The molecule has 1 fully saturated rings. The van der Waals surface area contributed by atoms with Crippen molar-refractivity contribution in [2.75, 3.05) is 18.4 Å². The number of aryl methyl sites for hydroxylation is 2. The van der Waals surface area contributed by atoms with Crippen molar-refractivity contribution >= 4 is 21.7 Å². The first kappa shape index (κ1) is 27.8. The molecule has 8 nitrogen and oxygen atoms in total. The summed E-state index contributed by atoms with van der Waals surface area (Å²) in [7, 11) is -3.21. The number of nitrogens with zero attached hydrogens (tertiary/aromatic N) is 4. The molecule has 0 aliphatic carbocycles. The summed E-state index contributed by atoms with van der Waals surface area (Å²) in [4.78, 5) is 8.71. The molecular formula is C30H31N5O3S. The monoisotopic (exact) mass is 541 g/mol. The number of hydrogen-bond acceptors (Lipinski definition) is 7. The maximum Gasteiger partial charge on any atom is 0.230 e. The van der Waals surface area contributed by atoms with Crippen LogP contribution in [-0.4, -0.2) is 41.0 Å². The van der Waals surface area contributed by atoms with Gasteiger partial charge in [0.2, 0.25) is 21.9 Å². The molecule has 0 spiro atoms. The summed E-state index contributed by atoms with van der Waals surface area (Å²) < 4.78 is 32.4. The van der Waals surface area contributed by atoms with E-state index in [0.717, 1.165) is 22.4 Å². The Labute approximate surface area is 230 Å². The molecule has 39 heavy (non-hydrogen) atoms. The Hall–Kier alpha value is -4.18. The molecule has 1 aliphatic rings. The number of sulfonamides is 1. The fourth-order valence-corrected chi connectivity index (χ4v) is 5.48. The van der Waals surface area contributed by atoms with E-state index >= 15 is 0 Å². The zero-order valence-corrected chi connectivity index (χ0v) is 23.3. The van der Waals surface area contributed by atoms with Gasteiger partial charge >= 0.3 is 0 Å². The fraction of sp³-hybridized carbons (Fsp3) is 0.300. The van der Waals surface area contributed by atoms with E-state index in [2.05, 4.69) is 33.2 Å². The largest absolute Gasteiger partial charge is 0.438 e. The van der Waals surface area contributed by atoms with Gasteiger partial charge in [-0.25, -0.2) is 17.7 Å². The molecule has 1 N–H and O–H groups in total. The molecule has 1 aliphatic heterocycles. The Morgan fingerprint density at radius 1 is 1.05 bits per heavy atom. The summed E-state index contributed by atoms with van der Waals surface area (Å²) in [6, 6.07) is 14.8. The van der Waals surface area contributed by atoms with Crippen molar-refractivity contribution in [3.05, 3.63) is 82.6 Å². The smallest absolute Gasteiger partial charge is 0.230 e. The van der Waals surface area contributed by atoms with Crippen LogP contribution >= 0.6 is 0 Å². The zero-order valence-electron chi connectivity index (χ0n) is 22.5. The highest BCUT2D eigenvalue weighted by Crippen LogP contribution is 2.29. The average molecular weight is 542 g/mol. The highest BCUT2D eigenvalue weighted by molar-refractivity contribution is 7.89. The topological polar surface area (TPSA) is 108 Å². The molecule has 0 unspecified atom stereocenters. The van der Waals surface area contributed by atoms with Gasteiger partial charge < -0.3 is 10.1 Å². The van der Waals surface area contributed by atoms with Crippen molar-refractivity contribution in [3.8, 4) is 29.5 Å². The lowest BCUT2D eigenvalue weighted by atomic mass is 10.0. The van der Waals surface area contributed by atoms with Crippen molar-refractivity contribution in [3.63, 3.8) is 0 Å². The third kappa shape index (κ3) is 7.02. The molecule has 4 rings (SSSR count). The third-order valence-corrected chi connectivity index (χ3v) is 8.66. The molecule has 0 amide bonds. The number of rotatable bonds is 6. The first-order valence-electron chi connectivity index (χ1n) is 12.7. The van der Waals surface area contributed by atoms with Crippen LogP contribution in [0.4, 0.5) is 11.6 Å². The number of nitrogens with one attached hydrogen (secondary N) is 1. The van der Waals surface area contributed by atoms with Gasteiger partial charge in [-0.3, -0.25) is 0 Å². The minimum absolute atomic E-state index is 0.385. The fourth-order valence-electron chi connectivity index (χ4n) is 4.20. The first-order valence-corrected chi connectivity index (χ1v) is 14.2. The van der Waals surface area contributed by atoms with Crippen LogP contribution in [-0.2, 0) is 10.0 Å². The van der Waals surface area contributed by atoms with E-state index in [4.69, 9.17) is 10.00 Å². The second-order valence-corrected chi connectivity index (χ2v) is 12.1.